The molecule has 11 aromatic rings. The highest BCUT2D eigenvalue weighted by atomic mass is 15.1. The van der Waals surface area contributed by atoms with Crippen LogP contribution >= 0.6 is 0 Å². The van der Waals surface area contributed by atoms with Crippen molar-refractivity contribution in [3.8, 4) is 16.8 Å². The number of allylic oxidation sites excluding steroid dienone is 4. The lowest BCUT2D eigenvalue weighted by molar-refractivity contribution is 0.735. The van der Waals surface area contributed by atoms with Gasteiger partial charge in [0.25, 0.3) is 0 Å². The molecule has 4 heteroatoms. The third kappa shape index (κ3) is 6.79. The largest absolute Gasteiger partial charge is 0.310 e. The SMILES string of the molecule is C[C@@H]1C=CC(n2c3ccccc3c3cc(N(c4ccccc4)c4ccc(-c5ccc(N(c6ccccc6)c6ccc7c(c6)c6ccccc6n7-c6ccccc6)cc5)cc4)ccc32)=CC1. The zero-order valence-corrected chi connectivity index (χ0v) is 36.2. The summed E-state index contributed by atoms with van der Waals surface area (Å²) in [6.45, 7) is 2.28. The van der Waals surface area contributed by atoms with E-state index in [4.69, 9.17) is 0 Å². The highest BCUT2D eigenvalue weighted by molar-refractivity contribution is 6.12. The van der Waals surface area contributed by atoms with Crippen molar-refractivity contribution in [1.29, 1.82) is 0 Å². The number of anilines is 6. The van der Waals surface area contributed by atoms with Crippen molar-refractivity contribution in [2.45, 2.75) is 13.3 Å². The van der Waals surface area contributed by atoms with Crippen molar-refractivity contribution in [1.82, 2.24) is 9.13 Å². The summed E-state index contributed by atoms with van der Waals surface area (Å²) in [5.74, 6) is 0.557. The van der Waals surface area contributed by atoms with Crippen LogP contribution in [0.5, 0.6) is 0 Å². The molecule has 0 saturated carbocycles. The predicted octanol–water partition coefficient (Wildman–Crippen LogP) is 16.9. The Bertz CT molecular complexity index is 3560. The quantitative estimate of drug-likeness (QED) is 0.144. The molecule has 0 bridgehead atoms. The summed E-state index contributed by atoms with van der Waals surface area (Å²) in [6, 6.07) is 81.3. The molecule has 1 aliphatic carbocycles. The van der Waals surface area contributed by atoms with E-state index in [2.05, 4.69) is 269 Å². The van der Waals surface area contributed by atoms with Gasteiger partial charge in [0, 0.05) is 67.1 Å². The van der Waals surface area contributed by atoms with Crippen LogP contribution in [0, 0.1) is 5.92 Å². The molecular weight excluding hydrogens is 789 g/mol. The van der Waals surface area contributed by atoms with Crippen LogP contribution in [-0.4, -0.2) is 9.13 Å². The molecule has 9 aromatic carbocycles. The Balaban J connectivity index is 0.896. The molecule has 0 unspecified atom stereocenters. The first-order valence-electron chi connectivity index (χ1n) is 22.6. The number of nitrogens with zero attached hydrogens (tertiary/aromatic N) is 4. The second-order valence-corrected chi connectivity index (χ2v) is 17.1. The van der Waals surface area contributed by atoms with Gasteiger partial charge in [-0.15, -0.1) is 0 Å². The summed E-state index contributed by atoms with van der Waals surface area (Å²) >= 11 is 0. The fourth-order valence-electron chi connectivity index (χ4n) is 9.87. The molecule has 0 fully saturated rings. The zero-order chi connectivity index (χ0) is 43.3. The summed E-state index contributed by atoms with van der Waals surface area (Å²) in [6.07, 6.45) is 8.03. The second kappa shape index (κ2) is 16.1. The molecule has 4 nitrogen and oxygen atoms in total. The van der Waals surface area contributed by atoms with Gasteiger partial charge in [-0.25, -0.2) is 0 Å². The fraction of sp³-hybridized carbons (Fsp3) is 0.0492. The van der Waals surface area contributed by atoms with Crippen LogP contribution in [-0.2, 0) is 0 Å². The van der Waals surface area contributed by atoms with Gasteiger partial charge in [0.2, 0.25) is 0 Å². The summed E-state index contributed by atoms with van der Waals surface area (Å²) < 4.78 is 4.79. The van der Waals surface area contributed by atoms with E-state index in [1.807, 2.05) is 0 Å². The van der Waals surface area contributed by atoms with E-state index < -0.39 is 0 Å². The van der Waals surface area contributed by atoms with E-state index in [0.29, 0.717) is 5.92 Å². The summed E-state index contributed by atoms with van der Waals surface area (Å²) in [5, 5.41) is 4.96. The lowest BCUT2D eigenvalue weighted by Crippen LogP contribution is -2.10. The Morgan fingerprint density at radius 1 is 0.369 bits per heavy atom. The van der Waals surface area contributed by atoms with E-state index >= 15 is 0 Å². The summed E-state index contributed by atoms with van der Waals surface area (Å²) in [5.41, 5.74) is 16.2. The fourth-order valence-corrected chi connectivity index (χ4v) is 9.87. The maximum absolute atomic E-state index is 2.42. The lowest BCUT2D eigenvalue weighted by atomic mass is 10.0. The third-order valence-corrected chi connectivity index (χ3v) is 13.0. The Hall–Kier alpha value is -8.34. The van der Waals surface area contributed by atoms with Crippen molar-refractivity contribution >= 4 is 83.4 Å². The Kier molecular flexibility index (Phi) is 9.49. The molecule has 1 aliphatic rings. The number of fused-ring (bicyclic) bond motifs is 6. The number of hydrogen-bond donors (Lipinski definition) is 0. The highest BCUT2D eigenvalue weighted by Gasteiger charge is 2.20. The van der Waals surface area contributed by atoms with E-state index in [9.17, 15) is 0 Å². The molecular formula is C61H46N4. The number of aromatic nitrogens is 2. The molecule has 12 rings (SSSR count). The standard InChI is InChI=1S/C61H46N4/c1-43-25-31-51(32-26-43)65-59-24-14-12-22-55(59)57-42-53(38-40-61(57)65)63(47-17-7-3-8-18-47)50-35-29-45(30-36-50)44-27-33-49(34-28-44)62(46-15-5-2-6-16-46)52-37-39-60-56(41-52)54-21-11-13-23-58(54)64(60)48-19-9-4-10-20-48/h2-25,27-43H,26H2,1H3/t43-/m1/s1. The molecule has 0 amide bonds. The van der Waals surface area contributed by atoms with Gasteiger partial charge in [-0.2, -0.15) is 0 Å². The van der Waals surface area contributed by atoms with Crippen LogP contribution in [0.15, 0.2) is 243 Å². The Morgan fingerprint density at radius 2 is 0.769 bits per heavy atom. The van der Waals surface area contributed by atoms with Crippen molar-refractivity contribution in [2.24, 2.45) is 5.92 Å². The van der Waals surface area contributed by atoms with Gasteiger partial charge in [0.05, 0.1) is 22.1 Å². The van der Waals surface area contributed by atoms with Gasteiger partial charge in [-0.3, -0.25) is 0 Å². The topological polar surface area (TPSA) is 16.3 Å². The third-order valence-electron chi connectivity index (χ3n) is 13.0. The van der Waals surface area contributed by atoms with E-state index in [0.717, 1.165) is 57.4 Å². The van der Waals surface area contributed by atoms with Gasteiger partial charge in [-0.05, 0) is 139 Å². The monoisotopic (exact) mass is 834 g/mol. The lowest BCUT2D eigenvalue weighted by Gasteiger charge is -2.26. The first kappa shape index (κ1) is 38.3. The average molecular weight is 835 g/mol. The maximum atomic E-state index is 2.42. The smallest absolute Gasteiger partial charge is 0.0542 e. The average Bonchev–Trinajstić information content (AvgIpc) is 3.88. The minimum atomic E-state index is 0.557. The van der Waals surface area contributed by atoms with Gasteiger partial charge in [-0.1, -0.05) is 134 Å². The molecule has 310 valence electrons. The predicted molar refractivity (Wildman–Crippen MR) is 276 cm³/mol. The van der Waals surface area contributed by atoms with E-state index in [1.165, 1.54) is 49.3 Å². The number of para-hydroxylation sites is 5. The van der Waals surface area contributed by atoms with Crippen molar-refractivity contribution < 1.29 is 0 Å². The van der Waals surface area contributed by atoms with Crippen molar-refractivity contribution in [3.63, 3.8) is 0 Å². The van der Waals surface area contributed by atoms with Gasteiger partial charge < -0.3 is 18.9 Å². The summed E-state index contributed by atoms with van der Waals surface area (Å²) in [4.78, 5) is 4.72. The van der Waals surface area contributed by atoms with Crippen molar-refractivity contribution in [2.75, 3.05) is 9.80 Å². The Labute approximate surface area is 379 Å². The minimum absolute atomic E-state index is 0.557. The normalized spacial score (nSPS) is 13.7. The molecule has 2 aromatic heterocycles. The maximum Gasteiger partial charge on any atom is 0.0542 e. The van der Waals surface area contributed by atoms with Gasteiger partial charge in [0.15, 0.2) is 0 Å². The first-order valence-corrected chi connectivity index (χ1v) is 22.6. The number of hydrogen-bond acceptors (Lipinski definition) is 2. The molecule has 0 saturated heterocycles. The van der Waals surface area contributed by atoms with Crippen LogP contribution in [0.2, 0.25) is 0 Å². The highest BCUT2D eigenvalue weighted by Crippen LogP contribution is 2.43. The molecule has 2 heterocycles. The second-order valence-electron chi connectivity index (χ2n) is 17.1. The van der Waals surface area contributed by atoms with E-state index in [-0.39, 0.29) is 0 Å². The molecule has 0 spiro atoms. The van der Waals surface area contributed by atoms with Gasteiger partial charge >= 0.3 is 0 Å². The minimum Gasteiger partial charge on any atom is -0.310 e. The van der Waals surface area contributed by atoms with E-state index in [1.54, 1.807) is 0 Å². The number of benzene rings is 9. The zero-order valence-electron chi connectivity index (χ0n) is 36.2. The molecule has 65 heavy (non-hydrogen) atoms. The number of rotatable bonds is 9. The molecule has 0 radical (unpaired) electrons. The molecule has 0 N–H and O–H groups in total. The van der Waals surface area contributed by atoms with Crippen LogP contribution < -0.4 is 9.80 Å². The molecule has 0 aliphatic heterocycles. The van der Waals surface area contributed by atoms with Crippen LogP contribution in [0.25, 0.3) is 66.1 Å². The van der Waals surface area contributed by atoms with Crippen LogP contribution in [0.3, 0.4) is 0 Å². The summed E-state index contributed by atoms with van der Waals surface area (Å²) in [7, 11) is 0. The van der Waals surface area contributed by atoms with Gasteiger partial charge in [0.1, 0.15) is 0 Å². The van der Waals surface area contributed by atoms with Crippen LogP contribution in [0.4, 0.5) is 34.1 Å². The van der Waals surface area contributed by atoms with Crippen LogP contribution in [0.1, 0.15) is 13.3 Å². The Morgan fingerprint density at radius 3 is 1.26 bits per heavy atom. The first-order chi connectivity index (χ1) is 32.2. The molecule has 1 atom stereocenters. The van der Waals surface area contributed by atoms with Crippen molar-refractivity contribution in [3.05, 3.63) is 243 Å².